The van der Waals surface area contributed by atoms with Crippen molar-refractivity contribution in [3.63, 3.8) is 0 Å². The molecule has 0 bridgehead atoms. The molecule has 0 saturated heterocycles. The van der Waals surface area contributed by atoms with Gasteiger partial charge in [0.25, 0.3) is 0 Å². The number of hydrogen-bond acceptors (Lipinski definition) is 0. The third-order valence-corrected chi connectivity index (χ3v) is 2.52. The summed E-state index contributed by atoms with van der Waals surface area (Å²) in [4.78, 5) is 0. The van der Waals surface area contributed by atoms with Gasteiger partial charge in [0.15, 0.2) is 0 Å². The van der Waals surface area contributed by atoms with E-state index < -0.39 is 0 Å². The van der Waals surface area contributed by atoms with Crippen LogP contribution in [0.15, 0.2) is 18.2 Å². The van der Waals surface area contributed by atoms with Crippen molar-refractivity contribution in [3.05, 3.63) is 34.9 Å². The van der Waals surface area contributed by atoms with Gasteiger partial charge >= 0.3 is 70.1 Å². The van der Waals surface area contributed by atoms with Crippen LogP contribution in [0.1, 0.15) is 16.7 Å². The molecule has 0 radical (unpaired) electrons. The van der Waals surface area contributed by atoms with E-state index in [2.05, 4.69) is 48.1 Å². The molecule has 0 nitrogen and oxygen atoms in total. The Labute approximate surface area is 70.5 Å². The van der Waals surface area contributed by atoms with Crippen molar-refractivity contribution in [1.82, 2.24) is 0 Å². The van der Waals surface area contributed by atoms with E-state index in [9.17, 15) is 0 Å². The van der Waals surface area contributed by atoms with Gasteiger partial charge in [0, 0.05) is 0 Å². The van der Waals surface area contributed by atoms with Crippen molar-refractivity contribution in [2.24, 2.45) is 0 Å². The Balaban J connectivity index is 3.04. The molecule has 1 heteroatoms. The molecule has 1 aromatic rings. The first-order chi connectivity index (χ1) is 4.74. The predicted octanol–water partition coefficient (Wildman–Crippen LogP) is 1.70. The van der Waals surface area contributed by atoms with Gasteiger partial charge in [-0.3, -0.25) is 0 Å². The maximum atomic E-state index is 2.60. The van der Waals surface area contributed by atoms with Crippen LogP contribution in [0.25, 0.3) is 0 Å². The summed E-state index contributed by atoms with van der Waals surface area (Å²) in [7, 11) is 0. The van der Waals surface area contributed by atoms with E-state index in [1.165, 1.54) is 16.7 Å². The summed E-state index contributed by atoms with van der Waals surface area (Å²) in [6.45, 7) is 4.30. The molecule has 0 aliphatic heterocycles. The van der Waals surface area contributed by atoms with Gasteiger partial charge in [-0.1, -0.05) is 0 Å². The fourth-order valence-corrected chi connectivity index (χ4v) is 1.31. The second kappa shape index (κ2) is 3.23. The van der Waals surface area contributed by atoms with Crippen LogP contribution in [0, 0.1) is 13.8 Å². The van der Waals surface area contributed by atoms with Crippen molar-refractivity contribution in [1.29, 1.82) is 0 Å². The van der Waals surface area contributed by atoms with Crippen molar-refractivity contribution < 1.29 is 0 Å². The summed E-state index contributed by atoms with van der Waals surface area (Å²) < 4.78 is 0. The van der Waals surface area contributed by atoms with Crippen LogP contribution in [0.4, 0.5) is 0 Å². The quantitative estimate of drug-likeness (QED) is 0.604. The zero-order valence-corrected chi connectivity index (χ0v) is 8.26. The first-order valence-corrected chi connectivity index (χ1v) is 4.73. The zero-order valence-electron chi connectivity index (χ0n) is 6.39. The number of aryl methyl sites for hydroxylation is 2. The molecule has 0 aliphatic rings. The van der Waals surface area contributed by atoms with Crippen molar-refractivity contribution in [2.45, 2.75) is 19.2 Å². The molecule has 0 spiro atoms. The molecule has 0 unspecified atom stereocenters. The molecular formula is C9H12Se. The van der Waals surface area contributed by atoms with Gasteiger partial charge in [-0.15, -0.1) is 0 Å². The Hall–Kier alpha value is -0.261. The molecule has 0 atom stereocenters. The Kier molecular flexibility index (Phi) is 2.53. The Bertz CT molecular complexity index is 228. The van der Waals surface area contributed by atoms with Crippen molar-refractivity contribution in [3.8, 4) is 0 Å². The molecule has 0 aliphatic carbocycles. The first kappa shape index (κ1) is 7.84. The monoisotopic (exact) mass is 200 g/mol. The average Bonchev–Trinajstić information content (AvgIpc) is 1.95. The third kappa shape index (κ3) is 1.62. The molecule has 0 saturated carbocycles. The number of hydrogen-bond donors (Lipinski definition) is 0. The first-order valence-electron chi connectivity index (χ1n) is 3.41. The van der Waals surface area contributed by atoms with E-state index in [1.807, 2.05) is 0 Å². The molecule has 1 aromatic carbocycles. The van der Waals surface area contributed by atoms with E-state index >= 15 is 0 Å². The number of benzene rings is 1. The normalized spacial score (nSPS) is 9.90. The minimum atomic E-state index is 1.08. The summed E-state index contributed by atoms with van der Waals surface area (Å²) in [6, 6.07) is 6.60. The summed E-state index contributed by atoms with van der Waals surface area (Å²) in [5.74, 6) is 0. The number of rotatable bonds is 1. The van der Waals surface area contributed by atoms with Gasteiger partial charge in [0.2, 0.25) is 0 Å². The summed E-state index contributed by atoms with van der Waals surface area (Å²) in [5.41, 5.74) is 4.18. The van der Waals surface area contributed by atoms with Crippen LogP contribution in [0.5, 0.6) is 0 Å². The average molecular weight is 199 g/mol. The van der Waals surface area contributed by atoms with Crippen LogP contribution in [-0.4, -0.2) is 16.0 Å². The SMILES string of the molecule is Cc1ccc(C[SeH])cc1C. The van der Waals surface area contributed by atoms with Gasteiger partial charge in [-0.05, 0) is 0 Å². The van der Waals surface area contributed by atoms with E-state index in [1.54, 1.807) is 0 Å². The van der Waals surface area contributed by atoms with Gasteiger partial charge < -0.3 is 0 Å². The second-order valence-electron chi connectivity index (χ2n) is 2.58. The Morgan fingerprint density at radius 3 is 2.40 bits per heavy atom. The zero-order chi connectivity index (χ0) is 7.56. The Morgan fingerprint density at radius 2 is 1.90 bits per heavy atom. The molecule has 10 heavy (non-hydrogen) atoms. The van der Waals surface area contributed by atoms with E-state index in [-0.39, 0.29) is 0 Å². The van der Waals surface area contributed by atoms with Crippen LogP contribution in [0.3, 0.4) is 0 Å². The van der Waals surface area contributed by atoms with Crippen LogP contribution < -0.4 is 0 Å². The molecule has 54 valence electrons. The fraction of sp³-hybridized carbons (Fsp3) is 0.333. The van der Waals surface area contributed by atoms with Crippen molar-refractivity contribution >= 4 is 16.0 Å². The molecule has 0 N–H and O–H groups in total. The second-order valence-corrected chi connectivity index (χ2v) is 3.24. The van der Waals surface area contributed by atoms with E-state index in [4.69, 9.17) is 0 Å². The predicted molar refractivity (Wildman–Crippen MR) is 46.8 cm³/mol. The van der Waals surface area contributed by atoms with E-state index in [0.29, 0.717) is 0 Å². The van der Waals surface area contributed by atoms with E-state index in [0.717, 1.165) is 5.32 Å². The Morgan fingerprint density at radius 1 is 1.20 bits per heavy atom. The van der Waals surface area contributed by atoms with Crippen LogP contribution >= 0.6 is 0 Å². The fourth-order valence-electron chi connectivity index (χ4n) is 0.902. The molecule has 0 fully saturated rings. The van der Waals surface area contributed by atoms with Crippen LogP contribution in [0.2, 0.25) is 0 Å². The molecule has 1 rings (SSSR count). The summed E-state index contributed by atoms with van der Waals surface area (Å²) in [5, 5.41) is 1.08. The minimum absolute atomic E-state index is 1.08. The molecule has 0 aromatic heterocycles. The topological polar surface area (TPSA) is 0 Å². The van der Waals surface area contributed by atoms with Gasteiger partial charge in [0.05, 0.1) is 0 Å². The van der Waals surface area contributed by atoms with Gasteiger partial charge in [-0.25, -0.2) is 0 Å². The van der Waals surface area contributed by atoms with Crippen LogP contribution in [-0.2, 0) is 5.32 Å². The van der Waals surface area contributed by atoms with Gasteiger partial charge in [0.1, 0.15) is 0 Å². The molecule has 0 amide bonds. The molecular weight excluding hydrogens is 187 g/mol. The van der Waals surface area contributed by atoms with Gasteiger partial charge in [-0.2, -0.15) is 0 Å². The standard InChI is InChI=1S/C9H12Se/c1-7-3-4-9(6-10)5-8(7)2/h3-5,10H,6H2,1-2H3. The summed E-state index contributed by atoms with van der Waals surface area (Å²) in [6.07, 6.45) is 0. The maximum absolute atomic E-state index is 2.60. The molecule has 0 heterocycles. The summed E-state index contributed by atoms with van der Waals surface area (Å²) >= 11 is 2.60. The van der Waals surface area contributed by atoms with Crippen molar-refractivity contribution in [2.75, 3.05) is 0 Å². The third-order valence-electron chi connectivity index (χ3n) is 1.75.